The Morgan fingerprint density at radius 1 is 1.19 bits per heavy atom. The zero-order chi connectivity index (χ0) is 15.1. The number of para-hydroxylation sites is 1. The Morgan fingerprint density at radius 2 is 1.95 bits per heavy atom. The Kier molecular flexibility index (Phi) is 4.94. The molecule has 0 atom stereocenters. The molecule has 2 rings (SSSR count). The summed E-state index contributed by atoms with van der Waals surface area (Å²) >= 11 is 0. The van der Waals surface area contributed by atoms with Gasteiger partial charge in [0.1, 0.15) is 12.4 Å². The van der Waals surface area contributed by atoms with Gasteiger partial charge in [-0.25, -0.2) is 4.39 Å². The van der Waals surface area contributed by atoms with Crippen molar-refractivity contribution in [2.75, 3.05) is 13.7 Å². The zero-order valence-electron chi connectivity index (χ0n) is 11.4. The number of hydrogen-bond acceptors (Lipinski definition) is 3. The fourth-order valence-electron chi connectivity index (χ4n) is 1.72. The molecule has 0 aromatic heterocycles. The molecule has 3 nitrogen and oxygen atoms in total. The van der Waals surface area contributed by atoms with E-state index in [9.17, 15) is 9.18 Å². The summed E-state index contributed by atoms with van der Waals surface area (Å²) in [7, 11) is 1.50. The third kappa shape index (κ3) is 3.83. The van der Waals surface area contributed by atoms with Crippen LogP contribution in [0, 0.1) is 17.7 Å². The van der Waals surface area contributed by atoms with E-state index in [1.165, 1.54) is 19.2 Å². The van der Waals surface area contributed by atoms with Gasteiger partial charge < -0.3 is 9.47 Å². The molecule has 0 bridgehead atoms. The molecule has 0 amide bonds. The van der Waals surface area contributed by atoms with Crippen LogP contribution in [0.3, 0.4) is 0 Å². The summed E-state index contributed by atoms with van der Waals surface area (Å²) in [4.78, 5) is 11.0. The lowest BCUT2D eigenvalue weighted by molar-refractivity contribution is 0.111. The smallest absolute Gasteiger partial charge is 0.173 e. The van der Waals surface area contributed by atoms with Gasteiger partial charge in [-0.15, -0.1) is 0 Å². The second-order valence-electron chi connectivity index (χ2n) is 4.09. The van der Waals surface area contributed by atoms with Gasteiger partial charge in [0.05, 0.1) is 12.7 Å². The van der Waals surface area contributed by atoms with E-state index in [1.54, 1.807) is 30.3 Å². The number of ether oxygens (including phenoxy) is 2. The van der Waals surface area contributed by atoms with Crippen molar-refractivity contribution in [1.29, 1.82) is 0 Å². The fraction of sp³-hybridized carbons (Fsp3) is 0.118. The third-order valence-corrected chi connectivity index (χ3v) is 2.72. The van der Waals surface area contributed by atoms with Gasteiger partial charge in [-0.05, 0) is 36.4 Å². The van der Waals surface area contributed by atoms with Gasteiger partial charge in [0.15, 0.2) is 17.8 Å². The molecule has 2 aromatic carbocycles. The predicted molar refractivity (Wildman–Crippen MR) is 77.2 cm³/mol. The van der Waals surface area contributed by atoms with Gasteiger partial charge in [-0.2, -0.15) is 0 Å². The van der Waals surface area contributed by atoms with Gasteiger partial charge in [0.25, 0.3) is 0 Å². The highest BCUT2D eigenvalue weighted by Crippen LogP contribution is 2.29. The largest absolute Gasteiger partial charge is 0.493 e. The molecule has 4 heteroatoms. The topological polar surface area (TPSA) is 35.5 Å². The Morgan fingerprint density at radius 3 is 2.62 bits per heavy atom. The summed E-state index contributed by atoms with van der Waals surface area (Å²) in [5, 5.41) is 0. The van der Waals surface area contributed by atoms with Crippen LogP contribution in [0.2, 0.25) is 0 Å². The van der Waals surface area contributed by atoms with E-state index in [1.807, 2.05) is 0 Å². The van der Waals surface area contributed by atoms with Crippen molar-refractivity contribution in [3.63, 3.8) is 0 Å². The van der Waals surface area contributed by atoms with Gasteiger partial charge in [-0.1, -0.05) is 17.9 Å². The molecule has 21 heavy (non-hydrogen) atoms. The number of methoxy groups -OCH3 is 1. The first-order valence-electron chi connectivity index (χ1n) is 6.24. The van der Waals surface area contributed by atoms with E-state index in [0.717, 1.165) is 0 Å². The number of rotatable bonds is 4. The first-order valence-corrected chi connectivity index (χ1v) is 6.24. The summed E-state index contributed by atoms with van der Waals surface area (Å²) in [6.45, 7) is 0.0958. The summed E-state index contributed by atoms with van der Waals surface area (Å²) in [6.07, 6.45) is 0.700. The highest BCUT2D eigenvalue weighted by molar-refractivity contribution is 5.81. The van der Waals surface area contributed by atoms with Crippen LogP contribution in [0.1, 0.15) is 15.9 Å². The van der Waals surface area contributed by atoms with Crippen LogP contribution in [-0.2, 0) is 0 Å². The van der Waals surface area contributed by atoms with E-state index in [2.05, 4.69) is 11.8 Å². The van der Waals surface area contributed by atoms with Crippen molar-refractivity contribution in [3.8, 4) is 23.3 Å². The average Bonchev–Trinajstić information content (AvgIpc) is 2.53. The summed E-state index contributed by atoms with van der Waals surface area (Å²) in [6, 6.07) is 10.9. The molecule has 0 unspecified atom stereocenters. The minimum atomic E-state index is -0.304. The van der Waals surface area contributed by atoms with Crippen molar-refractivity contribution in [3.05, 3.63) is 59.4 Å². The molecule has 0 saturated heterocycles. The van der Waals surface area contributed by atoms with Crippen LogP contribution in [0.25, 0.3) is 0 Å². The molecule has 0 spiro atoms. The maximum atomic E-state index is 12.7. The van der Waals surface area contributed by atoms with Gasteiger partial charge in [0.2, 0.25) is 0 Å². The molecule has 106 valence electrons. The van der Waals surface area contributed by atoms with Crippen LogP contribution in [0.15, 0.2) is 42.5 Å². The number of carbonyl (C=O) groups excluding carboxylic acids is 1. The highest BCUT2D eigenvalue weighted by atomic mass is 19.1. The number of halogens is 1. The Labute approximate surface area is 122 Å². The minimum absolute atomic E-state index is 0.0958. The second-order valence-corrected chi connectivity index (χ2v) is 4.09. The molecule has 2 aromatic rings. The molecular formula is C17H13FO3. The zero-order valence-corrected chi connectivity index (χ0v) is 11.4. The number of carbonyl (C=O) groups is 1. The average molecular weight is 284 g/mol. The molecule has 0 aliphatic carbocycles. The van der Waals surface area contributed by atoms with Crippen LogP contribution in [0.4, 0.5) is 4.39 Å². The number of aldehydes is 1. The summed E-state index contributed by atoms with van der Waals surface area (Å²) in [5.41, 5.74) is 1.09. The fourth-order valence-corrected chi connectivity index (χ4v) is 1.72. The van der Waals surface area contributed by atoms with Crippen molar-refractivity contribution >= 4 is 6.29 Å². The molecule has 0 heterocycles. The quantitative estimate of drug-likeness (QED) is 0.639. The maximum absolute atomic E-state index is 12.7. The lowest BCUT2D eigenvalue weighted by atomic mass is 10.2. The number of benzene rings is 2. The first kappa shape index (κ1) is 14.6. The van der Waals surface area contributed by atoms with Crippen molar-refractivity contribution in [2.24, 2.45) is 0 Å². The Hall–Kier alpha value is -2.80. The van der Waals surface area contributed by atoms with Crippen LogP contribution >= 0.6 is 0 Å². The molecular weight excluding hydrogens is 271 g/mol. The first-order chi connectivity index (χ1) is 10.2. The normalized spacial score (nSPS) is 9.43. The lowest BCUT2D eigenvalue weighted by Gasteiger charge is -2.10. The summed E-state index contributed by atoms with van der Waals surface area (Å²) < 4.78 is 23.4. The monoisotopic (exact) mass is 284 g/mol. The van der Waals surface area contributed by atoms with Gasteiger partial charge in [0, 0.05) is 5.56 Å². The van der Waals surface area contributed by atoms with E-state index in [-0.39, 0.29) is 12.4 Å². The molecule has 0 N–H and O–H groups in total. The van der Waals surface area contributed by atoms with E-state index in [0.29, 0.717) is 28.9 Å². The van der Waals surface area contributed by atoms with E-state index < -0.39 is 0 Å². The van der Waals surface area contributed by atoms with Gasteiger partial charge >= 0.3 is 0 Å². The van der Waals surface area contributed by atoms with E-state index >= 15 is 0 Å². The van der Waals surface area contributed by atoms with Crippen molar-refractivity contribution in [1.82, 2.24) is 0 Å². The molecule has 0 fully saturated rings. The molecule has 0 aliphatic rings. The number of hydrogen-bond donors (Lipinski definition) is 0. The maximum Gasteiger partial charge on any atom is 0.173 e. The molecule has 0 saturated carbocycles. The standard InChI is InChI=1S/C17H13FO3/c1-20-16-6-2-5-14(12-19)17(16)21-11-3-4-13-7-9-15(18)10-8-13/h2,5-10,12H,11H2,1H3. The van der Waals surface area contributed by atoms with Crippen LogP contribution in [-0.4, -0.2) is 20.0 Å². The second kappa shape index (κ2) is 7.11. The SMILES string of the molecule is COc1cccc(C=O)c1OCC#Cc1ccc(F)cc1. The minimum Gasteiger partial charge on any atom is -0.493 e. The van der Waals surface area contributed by atoms with Gasteiger partial charge in [-0.3, -0.25) is 4.79 Å². The molecule has 0 aliphatic heterocycles. The summed E-state index contributed by atoms with van der Waals surface area (Å²) in [5.74, 6) is 6.19. The lowest BCUT2D eigenvalue weighted by Crippen LogP contribution is -2.00. The van der Waals surface area contributed by atoms with Crippen LogP contribution < -0.4 is 9.47 Å². The Balaban J connectivity index is 2.07. The van der Waals surface area contributed by atoms with E-state index in [4.69, 9.17) is 9.47 Å². The Bertz CT molecular complexity index is 681. The predicted octanol–water partition coefficient (Wildman–Crippen LogP) is 3.08. The van der Waals surface area contributed by atoms with Crippen molar-refractivity contribution < 1.29 is 18.7 Å². The highest BCUT2D eigenvalue weighted by Gasteiger charge is 2.08. The third-order valence-electron chi connectivity index (χ3n) is 2.72. The van der Waals surface area contributed by atoms with Crippen molar-refractivity contribution in [2.45, 2.75) is 0 Å². The van der Waals surface area contributed by atoms with Crippen LogP contribution in [0.5, 0.6) is 11.5 Å². The molecule has 0 radical (unpaired) electrons.